The largest absolute Gasteiger partial charge is 0.493 e. The summed E-state index contributed by atoms with van der Waals surface area (Å²) in [6.45, 7) is 1.44. The minimum atomic E-state index is -4.64. The fraction of sp³-hybridized carbons (Fsp3) is 0.320. The van der Waals surface area contributed by atoms with Gasteiger partial charge in [-0.05, 0) is 56.9 Å². The molecule has 0 saturated heterocycles. The molecule has 1 fully saturated rings. The van der Waals surface area contributed by atoms with Gasteiger partial charge in [0.15, 0.2) is 17.2 Å². The molecule has 0 aliphatic heterocycles. The zero-order chi connectivity index (χ0) is 25.2. The number of amides is 1. The van der Waals surface area contributed by atoms with Crippen LogP contribution < -0.4 is 20.2 Å². The summed E-state index contributed by atoms with van der Waals surface area (Å²) < 4.78 is 52.9. The van der Waals surface area contributed by atoms with Crippen molar-refractivity contribution in [2.45, 2.75) is 44.9 Å². The maximum Gasteiger partial charge on any atom is 0.418 e. The number of carbonyl (C=O) groups excluding carboxylic acids is 1. The minimum absolute atomic E-state index is 0.0505. The van der Waals surface area contributed by atoms with E-state index in [1.54, 1.807) is 18.2 Å². The summed E-state index contributed by atoms with van der Waals surface area (Å²) in [6, 6.07) is 10.7. The normalized spacial score (nSPS) is 14.1. The van der Waals surface area contributed by atoms with Crippen LogP contribution in [0.1, 0.15) is 47.4 Å². The number of nitrogens with one attached hydrogen (secondary N) is 1. The van der Waals surface area contributed by atoms with E-state index < -0.39 is 28.8 Å². The Balaban J connectivity index is 1.66. The number of benzene rings is 2. The standard InChI is InChI=1S/C25H24F3N3O4/c1-15-13-20(32)23(30-31(15)19-10-6-5-9-18(19)25(26,27)28)24(33)29-16-11-12-21(34-2)22(14-16)35-17-7-3-4-8-17/h5-6,9-14,17H,3-4,7-8H2,1-2H3,(H,29,33). The summed E-state index contributed by atoms with van der Waals surface area (Å²) in [4.78, 5) is 25.5. The van der Waals surface area contributed by atoms with Gasteiger partial charge in [0, 0.05) is 23.5 Å². The Morgan fingerprint density at radius 2 is 1.80 bits per heavy atom. The molecule has 1 amide bonds. The topological polar surface area (TPSA) is 82.5 Å². The number of hydrogen-bond donors (Lipinski definition) is 1. The Bertz CT molecular complexity index is 1300. The number of carbonyl (C=O) groups is 1. The predicted molar refractivity (Wildman–Crippen MR) is 123 cm³/mol. The Morgan fingerprint density at radius 1 is 1.09 bits per heavy atom. The van der Waals surface area contributed by atoms with Gasteiger partial charge >= 0.3 is 6.18 Å². The van der Waals surface area contributed by atoms with Crippen molar-refractivity contribution in [3.8, 4) is 17.2 Å². The summed E-state index contributed by atoms with van der Waals surface area (Å²) >= 11 is 0. The number of aryl methyl sites for hydroxylation is 1. The highest BCUT2D eigenvalue weighted by Gasteiger charge is 2.34. The van der Waals surface area contributed by atoms with Gasteiger partial charge in [0.05, 0.1) is 24.5 Å². The van der Waals surface area contributed by atoms with E-state index in [-0.39, 0.29) is 17.5 Å². The molecule has 1 aliphatic rings. The minimum Gasteiger partial charge on any atom is -0.493 e. The maximum atomic E-state index is 13.5. The van der Waals surface area contributed by atoms with Gasteiger partial charge in [0.25, 0.3) is 5.91 Å². The van der Waals surface area contributed by atoms with Crippen LogP contribution in [0.15, 0.2) is 53.3 Å². The van der Waals surface area contributed by atoms with Crippen molar-refractivity contribution in [3.05, 3.63) is 75.7 Å². The smallest absolute Gasteiger partial charge is 0.418 e. The number of hydrogen-bond acceptors (Lipinski definition) is 5. The molecule has 184 valence electrons. The SMILES string of the molecule is COc1ccc(NC(=O)c2nn(-c3ccccc3C(F)(F)F)c(C)cc2=O)cc1OC1CCCC1. The number of para-hydroxylation sites is 1. The van der Waals surface area contributed by atoms with Crippen LogP contribution in [0.5, 0.6) is 11.5 Å². The molecule has 7 nitrogen and oxygen atoms in total. The second-order valence-electron chi connectivity index (χ2n) is 8.27. The summed E-state index contributed by atoms with van der Waals surface area (Å²) in [7, 11) is 1.51. The number of alkyl halides is 3. The van der Waals surface area contributed by atoms with Crippen LogP contribution in [0.25, 0.3) is 5.69 Å². The monoisotopic (exact) mass is 487 g/mol. The molecule has 1 aromatic heterocycles. The van der Waals surface area contributed by atoms with Gasteiger partial charge in [-0.1, -0.05) is 12.1 Å². The van der Waals surface area contributed by atoms with Gasteiger partial charge < -0.3 is 14.8 Å². The second kappa shape index (κ2) is 9.81. The average molecular weight is 487 g/mol. The van der Waals surface area contributed by atoms with Crippen LogP contribution in [0.3, 0.4) is 0 Å². The van der Waals surface area contributed by atoms with Gasteiger partial charge in [-0.15, -0.1) is 0 Å². The van der Waals surface area contributed by atoms with Crippen molar-refractivity contribution < 1.29 is 27.4 Å². The average Bonchev–Trinajstić information content (AvgIpc) is 3.32. The zero-order valence-corrected chi connectivity index (χ0v) is 19.2. The summed E-state index contributed by atoms with van der Waals surface area (Å²) in [6.07, 6.45) is -0.597. The van der Waals surface area contributed by atoms with Crippen molar-refractivity contribution in [1.29, 1.82) is 0 Å². The van der Waals surface area contributed by atoms with Gasteiger partial charge in [0.2, 0.25) is 5.43 Å². The third kappa shape index (κ3) is 5.31. The van der Waals surface area contributed by atoms with E-state index in [4.69, 9.17) is 9.47 Å². The van der Waals surface area contributed by atoms with E-state index in [0.717, 1.165) is 42.5 Å². The van der Waals surface area contributed by atoms with E-state index in [0.29, 0.717) is 17.2 Å². The van der Waals surface area contributed by atoms with Gasteiger partial charge in [-0.2, -0.15) is 18.3 Å². The molecule has 10 heteroatoms. The van der Waals surface area contributed by atoms with E-state index in [9.17, 15) is 22.8 Å². The molecule has 3 aromatic rings. The third-order valence-electron chi connectivity index (χ3n) is 5.78. The van der Waals surface area contributed by atoms with E-state index in [2.05, 4.69) is 10.4 Å². The van der Waals surface area contributed by atoms with Crippen molar-refractivity contribution in [2.75, 3.05) is 12.4 Å². The fourth-order valence-electron chi connectivity index (χ4n) is 4.07. The molecule has 0 unspecified atom stereocenters. The third-order valence-corrected chi connectivity index (χ3v) is 5.78. The number of methoxy groups -OCH3 is 1. The lowest BCUT2D eigenvalue weighted by molar-refractivity contribution is -0.137. The van der Waals surface area contributed by atoms with E-state index in [1.165, 1.54) is 32.2 Å². The van der Waals surface area contributed by atoms with Crippen molar-refractivity contribution in [2.24, 2.45) is 0 Å². The first-order valence-corrected chi connectivity index (χ1v) is 11.1. The highest BCUT2D eigenvalue weighted by Crippen LogP contribution is 2.35. The molecular weight excluding hydrogens is 463 g/mol. The second-order valence-corrected chi connectivity index (χ2v) is 8.27. The molecule has 2 aromatic carbocycles. The lowest BCUT2D eigenvalue weighted by atomic mass is 10.1. The Hall–Kier alpha value is -3.82. The fourth-order valence-corrected chi connectivity index (χ4v) is 4.07. The van der Waals surface area contributed by atoms with E-state index in [1.807, 2.05) is 0 Å². The molecule has 4 rings (SSSR count). The van der Waals surface area contributed by atoms with Crippen molar-refractivity contribution >= 4 is 11.6 Å². The van der Waals surface area contributed by atoms with Gasteiger partial charge in [-0.25, -0.2) is 4.68 Å². The van der Waals surface area contributed by atoms with Crippen molar-refractivity contribution in [3.63, 3.8) is 0 Å². The first-order valence-electron chi connectivity index (χ1n) is 11.1. The molecule has 1 N–H and O–H groups in total. The molecular formula is C25H24F3N3O4. The lowest BCUT2D eigenvalue weighted by Crippen LogP contribution is -2.27. The lowest BCUT2D eigenvalue weighted by Gasteiger charge is -2.18. The van der Waals surface area contributed by atoms with Crippen LogP contribution in [-0.2, 0) is 6.18 Å². The number of ether oxygens (including phenoxy) is 2. The maximum absolute atomic E-state index is 13.5. The van der Waals surface area contributed by atoms with E-state index >= 15 is 0 Å². The molecule has 1 aliphatic carbocycles. The number of aromatic nitrogens is 2. The summed E-state index contributed by atoms with van der Waals surface area (Å²) in [5.74, 6) is 0.0882. The Labute approximate surface area is 199 Å². The first-order chi connectivity index (χ1) is 16.7. The predicted octanol–water partition coefficient (Wildman–Crippen LogP) is 5.14. The molecule has 35 heavy (non-hydrogen) atoms. The Kier molecular flexibility index (Phi) is 6.81. The molecule has 0 bridgehead atoms. The number of halogens is 3. The first kappa shape index (κ1) is 24.3. The number of anilines is 1. The zero-order valence-electron chi connectivity index (χ0n) is 19.2. The van der Waals surface area contributed by atoms with Crippen LogP contribution in [0.4, 0.5) is 18.9 Å². The highest BCUT2D eigenvalue weighted by atomic mass is 19.4. The highest BCUT2D eigenvalue weighted by molar-refractivity contribution is 6.02. The van der Waals surface area contributed by atoms with Crippen LogP contribution in [0.2, 0.25) is 0 Å². The molecule has 0 atom stereocenters. The summed E-state index contributed by atoms with van der Waals surface area (Å²) in [5.41, 5.74) is -2.00. The van der Waals surface area contributed by atoms with Crippen molar-refractivity contribution in [1.82, 2.24) is 9.78 Å². The number of rotatable bonds is 6. The van der Waals surface area contributed by atoms with Crippen LogP contribution >= 0.6 is 0 Å². The van der Waals surface area contributed by atoms with Gasteiger partial charge in [-0.3, -0.25) is 9.59 Å². The summed E-state index contributed by atoms with van der Waals surface area (Å²) in [5, 5.41) is 6.57. The molecule has 1 saturated carbocycles. The quantitative estimate of drug-likeness (QED) is 0.521. The molecule has 0 radical (unpaired) electrons. The number of nitrogens with zero attached hydrogens (tertiary/aromatic N) is 2. The molecule has 0 spiro atoms. The van der Waals surface area contributed by atoms with Gasteiger partial charge in [0.1, 0.15) is 0 Å². The van der Waals surface area contributed by atoms with Crippen LogP contribution in [0, 0.1) is 6.92 Å². The molecule has 1 heterocycles. The van der Waals surface area contributed by atoms with Crippen LogP contribution in [-0.4, -0.2) is 28.9 Å². The Morgan fingerprint density at radius 3 is 2.49 bits per heavy atom.